The molecule has 2 heterocycles. The van der Waals surface area contributed by atoms with Crippen LogP contribution in [-0.4, -0.2) is 41.7 Å². The monoisotopic (exact) mass is 472 g/mol. The maximum atomic E-state index is 13.6. The van der Waals surface area contributed by atoms with Crippen molar-refractivity contribution in [2.24, 2.45) is 5.92 Å². The summed E-state index contributed by atoms with van der Waals surface area (Å²) in [6.07, 6.45) is 4.44. The summed E-state index contributed by atoms with van der Waals surface area (Å²) < 4.78 is 29.9. The zero-order chi connectivity index (χ0) is 24.1. The Morgan fingerprint density at radius 1 is 1.21 bits per heavy atom. The van der Waals surface area contributed by atoms with Crippen LogP contribution in [0, 0.1) is 11.7 Å². The molecule has 1 aliphatic heterocycles. The molecule has 2 fully saturated rings. The lowest BCUT2D eigenvalue weighted by atomic mass is 10.0. The second-order valence-electron chi connectivity index (χ2n) is 8.65. The molecule has 0 unspecified atom stereocenters. The molecule has 1 saturated carbocycles. The molecule has 0 bridgehead atoms. The van der Waals surface area contributed by atoms with Crippen LogP contribution >= 0.6 is 0 Å². The first-order valence-electron chi connectivity index (χ1n) is 11.7. The number of nitrogens with one attached hydrogen (secondary N) is 1. The lowest BCUT2D eigenvalue weighted by Crippen LogP contribution is -2.55. The average molecular weight is 473 g/mol. The van der Waals surface area contributed by atoms with Gasteiger partial charge in [-0.1, -0.05) is 37.8 Å². The number of esters is 1. The Kier molecular flexibility index (Phi) is 7.62. The van der Waals surface area contributed by atoms with Gasteiger partial charge >= 0.3 is 11.9 Å². The number of amides is 2. The van der Waals surface area contributed by atoms with Gasteiger partial charge in [0.2, 0.25) is 12.2 Å². The lowest BCUT2D eigenvalue weighted by Gasteiger charge is -2.31. The van der Waals surface area contributed by atoms with E-state index in [1.165, 1.54) is 31.0 Å². The fourth-order valence-electron chi connectivity index (χ4n) is 4.54. The molecule has 34 heavy (non-hydrogen) atoms. The molecule has 1 N–H and O–H groups in total. The molecule has 1 saturated heterocycles. The highest BCUT2D eigenvalue weighted by Crippen LogP contribution is 2.30. The minimum atomic E-state index is -0.965. The Balaban J connectivity index is 1.50. The van der Waals surface area contributed by atoms with Gasteiger partial charge in [0.05, 0.1) is 6.42 Å². The van der Waals surface area contributed by atoms with Crippen LogP contribution < -0.4 is 5.43 Å². The minimum absolute atomic E-state index is 0.0499. The van der Waals surface area contributed by atoms with Gasteiger partial charge in [-0.2, -0.15) is 0 Å². The van der Waals surface area contributed by atoms with Crippen molar-refractivity contribution in [3.05, 3.63) is 48.0 Å². The number of carbonyl (C=O) groups is 3. The van der Waals surface area contributed by atoms with Crippen molar-refractivity contribution in [2.45, 2.75) is 64.2 Å². The van der Waals surface area contributed by atoms with E-state index in [0.717, 1.165) is 24.3 Å². The summed E-state index contributed by atoms with van der Waals surface area (Å²) in [5, 5.41) is 1.16. The number of benzene rings is 1. The molecule has 1 aromatic carbocycles. The number of hydrazine groups is 1. The first-order valence-corrected chi connectivity index (χ1v) is 11.7. The third kappa shape index (κ3) is 5.64. The fourth-order valence-corrected chi connectivity index (χ4v) is 4.54. The number of rotatable bonds is 8. The number of carbonyl (C=O) groups excluding carboxylic acids is 3. The van der Waals surface area contributed by atoms with E-state index in [0.29, 0.717) is 17.2 Å². The summed E-state index contributed by atoms with van der Waals surface area (Å²) >= 11 is 0. The molecule has 9 heteroatoms. The van der Waals surface area contributed by atoms with Crippen LogP contribution in [0.3, 0.4) is 0 Å². The van der Waals surface area contributed by atoms with Crippen molar-refractivity contribution in [1.29, 1.82) is 0 Å². The van der Waals surface area contributed by atoms with Gasteiger partial charge in [0.25, 0.3) is 0 Å². The van der Waals surface area contributed by atoms with Gasteiger partial charge in [0, 0.05) is 18.6 Å². The summed E-state index contributed by atoms with van der Waals surface area (Å²) in [6, 6.07) is 8.04. The summed E-state index contributed by atoms with van der Waals surface area (Å²) in [7, 11) is 0. The number of cyclic esters (lactones) is 1. The number of furan rings is 1. The first-order chi connectivity index (χ1) is 16.4. The van der Waals surface area contributed by atoms with Crippen molar-refractivity contribution in [3.63, 3.8) is 0 Å². The molecule has 182 valence electrons. The molecular weight excluding hydrogens is 443 g/mol. The van der Waals surface area contributed by atoms with Crippen LogP contribution in [0.25, 0.3) is 11.3 Å². The smallest absolute Gasteiger partial charge is 0.310 e. The molecule has 2 aliphatic rings. The van der Waals surface area contributed by atoms with Crippen molar-refractivity contribution >= 4 is 17.8 Å². The molecule has 2 atom stereocenters. The van der Waals surface area contributed by atoms with E-state index >= 15 is 0 Å². The predicted molar refractivity (Wildman–Crippen MR) is 120 cm³/mol. The Hall–Kier alpha value is -3.20. The van der Waals surface area contributed by atoms with Gasteiger partial charge in [-0.25, -0.2) is 9.40 Å². The van der Waals surface area contributed by atoms with Crippen LogP contribution in [-0.2, 0) is 19.1 Å². The van der Waals surface area contributed by atoms with E-state index in [1.54, 1.807) is 25.1 Å². The summed E-state index contributed by atoms with van der Waals surface area (Å²) in [5.74, 6) is -1.15. The summed E-state index contributed by atoms with van der Waals surface area (Å²) in [6.45, 7) is 2.03. The number of halogens is 1. The van der Waals surface area contributed by atoms with E-state index in [4.69, 9.17) is 13.9 Å². The van der Waals surface area contributed by atoms with Gasteiger partial charge in [0.15, 0.2) is 5.76 Å². The van der Waals surface area contributed by atoms with Crippen LogP contribution in [0.5, 0.6) is 0 Å². The maximum Gasteiger partial charge on any atom is 0.310 e. The lowest BCUT2D eigenvalue weighted by molar-refractivity contribution is -0.172. The van der Waals surface area contributed by atoms with Crippen LogP contribution in [0.4, 0.5) is 4.39 Å². The average Bonchev–Trinajstić information content (AvgIpc) is 3.57. The van der Waals surface area contributed by atoms with Crippen LogP contribution in [0.1, 0.15) is 62.4 Å². The van der Waals surface area contributed by atoms with Crippen LogP contribution in [0.15, 0.2) is 40.8 Å². The number of hydrogen-bond donors (Lipinski definition) is 1. The van der Waals surface area contributed by atoms with E-state index in [2.05, 4.69) is 5.43 Å². The molecule has 0 radical (unpaired) electrons. The van der Waals surface area contributed by atoms with Crippen molar-refractivity contribution in [3.8, 4) is 11.3 Å². The van der Waals surface area contributed by atoms with Gasteiger partial charge < -0.3 is 13.9 Å². The van der Waals surface area contributed by atoms with Gasteiger partial charge in [-0.05, 0) is 43.5 Å². The molecule has 8 nitrogen and oxygen atoms in total. The van der Waals surface area contributed by atoms with Gasteiger partial charge in [0.1, 0.15) is 17.6 Å². The molecule has 1 aliphatic carbocycles. The van der Waals surface area contributed by atoms with E-state index in [9.17, 15) is 18.8 Å². The fraction of sp³-hybridized carbons (Fsp3) is 0.480. The summed E-state index contributed by atoms with van der Waals surface area (Å²) in [5.41, 5.74) is 3.08. The Morgan fingerprint density at radius 3 is 2.74 bits per heavy atom. The zero-order valence-corrected chi connectivity index (χ0v) is 19.1. The Morgan fingerprint density at radius 2 is 2.00 bits per heavy atom. The van der Waals surface area contributed by atoms with E-state index in [1.807, 2.05) is 0 Å². The number of ether oxygens (including phenoxy) is 2. The predicted octanol–water partition coefficient (Wildman–Crippen LogP) is 4.21. The third-order valence-corrected chi connectivity index (χ3v) is 6.27. The SMILES string of the molecule is CCO[C@H]1OC(=O)C[C@@H]1N(NC(=O)c1ccc(-c2cccc(F)c2)o1)C(=O)CCC1CCCC1. The van der Waals surface area contributed by atoms with E-state index < -0.39 is 30.0 Å². The molecule has 0 spiro atoms. The highest BCUT2D eigenvalue weighted by atomic mass is 19.1. The van der Waals surface area contributed by atoms with Crippen molar-refractivity contribution < 1.29 is 32.7 Å². The number of hydrogen-bond acceptors (Lipinski definition) is 6. The Bertz CT molecular complexity index is 1030. The maximum absolute atomic E-state index is 13.6. The normalized spacial score (nSPS) is 20.4. The topological polar surface area (TPSA) is 98.1 Å². The highest BCUT2D eigenvalue weighted by Gasteiger charge is 2.43. The van der Waals surface area contributed by atoms with Crippen molar-refractivity contribution in [1.82, 2.24) is 10.4 Å². The van der Waals surface area contributed by atoms with Crippen molar-refractivity contribution in [2.75, 3.05) is 6.61 Å². The highest BCUT2D eigenvalue weighted by molar-refractivity contribution is 5.93. The quantitative estimate of drug-likeness (QED) is 0.457. The first kappa shape index (κ1) is 23.9. The number of nitrogens with zero attached hydrogens (tertiary/aromatic N) is 1. The molecule has 4 rings (SSSR count). The molecule has 2 aromatic rings. The largest absolute Gasteiger partial charge is 0.451 e. The van der Waals surface area contributed by atoms with Crippen LogP contribution in [0.2, 0.25) is 0 Å². The van der Waals surface area contributed by atoms with E-state index in [-0.39, 0.29) is 31.1 Å². The second kappa shape index (κ2) is 10.8. The molecule has 1 aromatic heterocycles. The zero-order valence-electron chi connectivity index (χ0n) is 19.1. The standard InChI is InChI=1S/C25H29FN2O6/c1-2-32-25-19(15-23(30)34-25)28(22(29)13-10-16-6-3-4-7-16)27-24(31)21-12-11-20(33-21)17-8-5-9-18(26)14-17/h5,8-9,11-12,14,16,19,25H,2-4,6-7,10,13,15H2,1H3,(H,27,31)/t19-,25-/m0/s1. The Labute approximate surface area is 197 Å². The third-order valence-electron chi connectivity index (χ3n) is 6.27. The minimum Gasteiger partial charge on any atom is -0.451 e. The summed E-state index contributed by atoms with van der Waals surface area (Å²) in [4.78, 5) is 38.2. The van der Waals surface area contributed by atoms with Gasteiger partial charge in [-0.3, -0.25) is 19.8 Å². The second-order valence-corrected chi connectivity index (χ2v) is 8.65. The van der Waals surface area contributed by atoms with Gasteiger partial charge in [-0.15, -0.1) is 0 Å². The molecule has 2 amide bonds. The molecular formula is C25H29FN2O6.